The van der Waals surface area contributed by atoms with Gasteiger partial charge in [-0.25, -0.2) is 4.79 Å². The molecule has 1 unspecified atom stereocenters. The normalized spacial score (nSPS) is 25.2. The van der Waals surface area contributed by atoms with Crippen LogP contribution in [-0.2, 0) is 9.59 Å². The van der Waals surface area contributed by atoms with Crippen LogP contribution in [0.4, 0.5) is 4.79 Å². The van der Waals surface area contributed by atoms with E-state index < -0.39 is 17.5 Å². The maximum absolute atomic E-state index is 11.2. The van der Waals surface area contributed by atoms with Crippen molar-refractivity contribution < 1.29 is 24.6 Å². The van der Waals surface area contributed by atoms with Crippen LogP contribution in [0.25, 0.3) is 0 Å². The summed E-state index contributed by atoms with van der Waals surface area (Å²) in [6.07, 6.45) is -0.405. The van der Waals surface area contributed by atoms with Crippen molar-refractivity contribution in [2.45, 2.75) is 26.2 Å². The molecule has 1 rings (SSSR count). The summed E-state index contributed by atoms with van der Waals surface area (Å²) in [6, 6.07) is 0. The van der Waals surface area contributed by atoms with E-state index in [0.29, 0.717) is 19.4 Å². The summed E-state index contributed by atoms with van der Waals surface area (Å²) in [5, 5.41) is 18.0. The Kier molecular flexibility index (Phi) is 3.51. The van der Waals surface area contributed by atoms with Crippen molar-refractivity contribution in [1.29, 1.82) is 0 Å². The van der Waals surface area contributed by atoms with Gasteiger partial charge < -0.3 is 15.1 Å². The highest BCUT2D eigenvalue weighted by molar-refractivity contribution is 5.85. The van der Waals surface area contributed by atoms with Gasteiger partial charge in [0.2, 0.25) is 0 Å². The lowest BCUT2D eigenvalue weighted by Crippen LogP contribution is -2.50. The van der Waals surface area contributed by atoms with Crippen LogP contribution in [-0.4, -0.2) is 46.0 Å². The molecule has 16 heavy (non-hydrogen) atoms. The fraction of sp³-hybridized carbons (Fsp3) is 0.700. The number of Topliss-reactive ketones (excluding diaryl/α,β-unsaturated/α-hetero) is 1. The zero-order valence-corrected chi connectivity index (χ0v) is 9.10. The SMILES string of the molecule is CC(=O)CC1(C(=O)O)CCCN(C(=O)O)C1. The van der Waals surface area contributed by atoms with E-state index in [1.54, 1.807) is 0 Å². The molecular weight excluding hydrogens is 214 g/mol. The second-order valence-corrected chi connectivity index (χ2v) is 4.27. The van der Waals surface area contributed by atoms with Gasteiger partial charge in [0.1, 0.15) is 5.78 Å². The second-order valence-electron chi connectivity index (χ2n) is 4.27. The minimum Gasteiger partial charge on any atom is -0.481 e. The maximum atomic E-state index is 11.2. The van der Waals surface area contributed by atoms with E-state index in [9.17, 15) is 14.4 Å². The first-order chi connectivity index (χ1) is 7.37. The van der Waals surface area contributed by atoms with Gasteiger partial charge in [-0.05, 0) is 19.8 Å². The van der Waals surface area contributed by atoms with Gasteiger partial charge in [-0.1, -0.05) is 0 Å². The average molecular weight is 229 g/mol. The number of likely N-dealkylation sites (tertiary alicyclic amines) is 1. The number of piperidine rings is 1. The third kappa shape index (κ3) is 2.50. The number of amides is 1. The Morgan fingerprint density at radius 2 is 1.94 bits per heavy atom. The van der Waals surface area contributed by atoms with Crippen LogP contribution in [0.3, 0.4) is 0 Å². The average Bonchev–Trinajstić information content (AvgIpc) is 2.16. The Morgan fingerprint density at radius 1 is 1.31 bits per heavy atom. The summed E-state index contributed by atoms with van der Waals surface area (Å²) in [7, 11) is 0. The first-order valence-corrected chi connectivity index (χ1v) is 5.08. The molecule has 1 aliphatic rings. The van der Waals surface area contributed by atoms with Gasteiger partial charge in [0.15, 0.2) is 0 Å². The van der Waals surface area contributed by atoms with Crippen molar-refractivity contribution in [3.63, 3.8) is 0 Å². The summed E-state index contributed by atoms with van der Waals surface area (Å²) in [4.78, 5) is 34.1. The van der Waals surface area contributed by atoms with Gasteiger partial charge in [0, 0.05) is 19.5 Å². The molecule has 1 aliphatic heterocycles. The largest absolute Gasteiger partial charge is 0.481 e. The quantitative estimate of drug-likeness (QED) is 0.746. The third-order valence-corrected chi connectivity index (χ3v) is 2.89. The Hall–Kier alpha value is -1.59. The molecule has 6 heteroatoms. The fourth-order valence-electron chi connectivity index (χ4n) is 2.17. The topological polar surface area (TPSA) is 94.9 Å². The second kappa shape index (κ2) is 4.51. The Labute approximate surface area is 92.9 Å². The number of carbonyl (C=O) groups excluding carboxylic acids is 1. The molecule has 2 N–H and O–H groups in total. The van der Waals surface area contributed by atoms with E-state index in [1.165, 1.54) is 6.92 Å². The van der Waals surface area contributed by atoms with Crippen molar-refractivity contribution in [3.8, 4) is 0 Å². The van der Waals surface area contributed by atoms with Crippen LogP contribution < -0.4 is 0 Å². The molecular formula is C10H15NO5. The molecule has 0 radical (unpaired) electrons. The predicted octanol–water partition coefficient (Wildman–Crippen LogP) is 0.810. The van der Waals surface area contributed by atoms with Gasteiger partial charge in [0.05, 0.1) is 5.41 Å². The summed E-state index contributed by atoms with van der Waals surface area (Å²) >= 11 is 0. The molecule has 1 atom stereocenters. The van der Waals surface area contributed by atoms with Crippen LogP contribution in [0.15, 0.2) is 0 Å². The molecule has 0 spiro atoms. The standard InChI is InChI=1S/C10H15NO5/c1-7(12)5-10(8(13)14)3-2-4-11(6-10)9(15)16/h2-6H2,1H3,(H,13,14)(H,15,16). The van der Waals surface area contributed by atoms with Crippen LogP contribution in [0.1, 0.15) is 26.2 Å². The molecule has 6 nitrogen and oxygen atoms in total. The molecule has 1 saturated heterocycles. The molecule has 0 aromatic heterocycles. The molecule has 0 aliphatic carbocycles. The number of nitrogens with zero attached hydrogens (tertiary/aromatic N) is 1. The summed E-state index contributed by atoms with van der Waals surface area (Å²) in [6.45, 7) is 1.56. The zero-order chi connectivity index (χ0) is 12.3. The van der Waals surface area contributed by atoms with Crippen molar-refractivity contribution in [2.24, 2.45) is 5.41 Å². The molecule has 0 saturated carbocycles. The first kappa shape index (κ1) is 12.5. The van der Waals surface area contributed by atoms with Gasteiger partial charge in [0.25, 0.3) is 0 Å². The summed E-state index contributed by atoms with van der Waals surface area (Å²) in [5.41, 5.74) is -1.23. The first-order valence-electron chi connectivity index (χ1n) is 5.08. The monoisotopic (exact) mass is 229 g/mol. The number of carbonyl (C=O) groups is 3. The lowest BCUT2D eigenvalue weighted by atomic mass is 9.76. The summed E-state index contributed by atoms with van der Waals surface area (Å²) in [5.74, 6) is -1.32. The van der Waals surface area contributed by atoms with Gasteiger partial charge in [-0.15, -0.1) is 0 Å². The van der Waals surface area contributed by atoms with Crippen molar-refractivity contribution in [2.75, 3.05) is 13.1 Å². The molecule has 1 fully saturated rings. The Bertz CT molecular complexity index is 327. The predicted molar refractivity (Wildman–Crippen MR) is 54.2 cm³/mol. The van der Waals surface area contributed by atoms with E-state index in [4.69, 9.17) is 10.2 Å². The number of hydrogen-bond acceptors (Lipinski definition) is 3. The third-order valence-electron chi connectivity index (χ3n) is 2.89. The highest BCUT2D eigenvalue weighted by Gasteiger charge is 2.44. The highest BCUT2D eigenvalue weighted by atomic mass is 16.4. The van der Waals surface area contributed by atoms with Gasteiger partial charge >= 0.3 is 12.1 Å². The lowest BCUT2D eigenvalue weighted by Gasteiger charge is -2.38. The number of aliphatic carboxylic acids is 1. The number of carboxylic acid groups (broad SMARTS) is 2. The fourth-order valence-corrected chi connectivity index (χ4v) is 2.17. The molecule has 0 bridgehead atoms. The summed E-state index contributed by atoms with van der Waals surface area (Å²) < 4.78 is 0. The van der Waals surface area contributed by atoms with E-state index >= 15 is 0 Å². The van der Waals surface area contributed by atoms with Crippen LogP contribution in [0.5, 0.6) is 0 Å². The van der Waals surface area contributed by atoms with Crippen molar-refractivity contribution >= 4 is 17.8 Å². The molecule has 90 valence electrons. The Balaban J connectivity index is 2.88. The van der Waals surface area contributed by atoms with Gasteiger partial charge in [-0.2, -0.15) is 0 Å². The lowest BCUT2D eigenvalue weighted by molar-refractivity contribution is -0.154. The number of rotatable bonds is 3. The van der Waals surface area contributed by atoms with E-state index in [2.05, 4.69) is 0 Å². The van der Waals surface area contributed by atoms with Crippen molar-refractivity contribution in [3.05, 3.63) is 0 Å². The van der Waals surface area contributed by atoms with Crippen molar-refractivity contribution in [1.82, 2.24) is 4.90 Å². The molecule has 1 amide bonds. The highest BCUT2D eigenvalue weighted by Crippen LogP contribution is 2.34. The van der Waals surface area contributed by atoms with E-state index in [1.807, 2.05) is 0 Å². The minimum atomic E-state index is -1.23. The minimum absolute atomic E-state index is 0.1000. The maximum Gasteiger partial charge on any atom is 0.407 e. The van der Waals surface area contributed by atoms with Crippen LogP contribution in [0, 0.1) is 5.41 Å². The Morgan fingerprint density at radius 3 is 2.38 bits per heavy atom. The number of ketones is 1. The smallest absolute Gasteiger partial charge is 0.407 e. The molecule has 0 aromatic rings. The molecule has 0 aromatic carbocycles. The molecule has 1 heterocycles. The number of carboxylic acids is 1. The van der Waals surface area contributed by atoms with Gasteiger partial charge in [-0.3, -0.25) is 9.59 Å². The van der Waals surface area contributed by atoms with E-state index in [-0.39, 0.29) is 18.7 Å². The van der Waals surface area contributed by atoms with Crippen LogP contribution in [0.2, 0.25) is 0 Å². The van der Waals surface area contributed by atoms with E-state index in [0.717, 1.165) is 4.90 Å². The van der Waals surface area contributed by atoms with Crippen LogP contribution >= 0.6 is 0 Å². The zero-order valence-electron chi connectivity index (χ0n) is 9.10. The number of hydrogen-bond donors (Lipinski definition) is 2.